The fourth-order valence-corrected chi connectivity index (χ4v) is 1.72. The Hall–Kier alpha value is -1.52. The van der Waals surface area contributed by atoms with E-state index in [1.807, 2.05) is 72.7 Å². The van der Waals surface area contributed by atoms with Crippen LogP contribution < -0.4 is 10.8 Å². The fourth-order valence-electron chi connectivity index (χ4n) is 1.72. The van der Waals surface area contributed by atoms with E-state index in [1.165, 1.54) is 0 Å². The highest BCUT2D eigenvalue weighted by Crippen LogP contribution is 2.16. The zero-order valence-electron chi connectivity index (χ0n) is 15.2. The van der Waals surface area contributed by atoms with Crippen molar-refractivity contribution in [1.29, 1.82) is 0 Å². The van der Waals surface area contributed by atoms with Crippen LogP contribution in [0, 0.1) is 0 Å². The zero-order chi connectivity index (χ0) is 17.5. The minimum Gasteiger partial charge on any atom is -0.423 e. The van der Waals surface area contributed by atoms with E-state index in [2.05, 4.69) is 11.9 Å². The summed E-state index contributed by atoms with van der Waals surface area (Å²) in [5.74, 6) is 0. The highest BCUT2D eigenvalue weighted by molar-refractivity contribution is 6.61. The number of rotatable bonds is 3. The number of fused-ring (bicyclic) bond motifs is 1. The van der Waals surface area contributed by atoms with Crippen LogP contribution in [0.3, 0.4) is 0 Å². The molecule has 0 saturated heterocycles. The standard InChI is InChI=1S/C12H14BNO2.3C2H6/c1-3-10(4-2)14-11-5-6-12-9(7-11)8-16-13(12)15;3*1-2/h3-7,14-15H,1,8H2,2H3;3*1-2H3/b10-4+;;;. The first-order valence-electron chi connectivity index (χ1n) is 8.23. The smallest absolute Gasteiger partial charge is 0.423 e. The summed E-state index contributed by atoms with van der Waals surface area (Å²) in [6.07, 6.45) is 3.71. The average molecular weight is 305 g/mol. The molecule has 0 atom stereocenters. The molecule has 0 fully saturated rings. The molecule has 0 spiro atoms. The molecule has 22 heavy (non-hydrogen) atoms. The Bertz CT molecular complexity index is 445. The molecule has 1 heterocycles. The van der Waals surface area contributed by atoms with Crippen molar-refractivity contribution >= 4 is 18.3 Å². The third-order valence-electron chi connectivity index (χ3n) is 2.63. The number of nitrogens with one attached hydrogen (secondary N) is 1. The summed E-state index contributed by atoms with van der Waals surface area (Å²) < 4.78 is 5.13. The van der Waals surface area contributed by atoms with Crippen LogP contribution in [0.25, 0.3) is 0 Å². The third-order valence-corrected chi connectivity index (χ3v) is 2.63. The first-order chi connectivity index (χ1) is 10.7. The van der Waals surface area contributed by atoms with Crippen LogP contribution in [0.2, 0.25) is 0 Å². The van der Waals surface area contributed by atoms with Gasteiger partial charge < -0.3 is 15.0 Å². The van der Waals surface area contributed by atoms with Crippen LogP contribution in [0.5, 0.6) is 0 Å². The topological polar surface area (TPSA) is 41.5 Å². The molecule has 4 heteroatoms. The van der Waals surface area contributed by atoms with Gasteiger partial charge in [0, 0.05) is 11.4 Å². The summed E-state index contributed by atoms with van der Waals surface area (Å²) in [7, 11) is -0.773. The lowest BCUT2D eigenvalue weighted by atomic mass is 9.79. The maximum atomic E-state index is 9.48. The van der Waals surface area contributed by atoms with Gasteiger partial charge in [-0.1, -0.05) is 60.3 Å². The maximum absolute atomic E-state index is 9.48. The highest BCUT2D eigenvalue weighted by atomic mass is 16.5. The quantitative estimate of drug-likeness (QED) is 0.639. The zero-order valence-corrected chi connectivity index (χ0v) is 15.2. The molecular formula is C18H32BNO2. The van der Waals surface area contributed by atoms with Crippen molar-refractivity contribution in [3.63, 3.8) is 0 Å². The number of benzene rings is 1. The van der Waals surface area contributed by atoms with Crippen molar-refractivity contribution in [2.75, 3.05) is 5.32 Å². The monoisotopic (exact) mass is 305 g/mol. The molecule has 1 aliphatic rings. The van der Waals surface area contributed by atoms with Gasteiger partial charge in [-0.3, -0.25) is 0 Å². The van der Waals surface area contributed by atoms with Crippen molar-refractivity contribution in [3.05, 3.63) is 48.2 Å². The third kappa shape index (κ3) is 6.96. The maximum Gasteiger partial charge on any atom is 0.491 e. The van der Waals surface area contributed by atoms with Crippen molar-refractivity contribution in [2.45, 2.75) is 55.1 Å². The molecule has 3 nitrogen and oxygen atoms in total. The van der Waals surface area contributed by atoms with Crippen molar-refractivity contribution < 1.29 is 9.68 Å². The van der Waals surface area contributed by atoms with Gasteiger partial charge in [-0.05, 0) is 36.2 Å². The van der Waals surface area contributed by atoms with Crippen LogP contribution in [0.15, 0.2) is 42.6 Å². The summed E-state index contributed by atoms with van der Waals surface area (Å²) in [6.45, 7) is 18.1. The minimum atomic E-state index is -0.773. The van der Waals surface area contributed by atoms with E-state index in [0.717, 1.165) is 22.4 Å². The molecule has 1 aromatic carbocycles. The highest BCUT2D eigenvalue weighted by Gasteiger charge is 2.26. The normalized spacial score (nSPS) is 11.6. The van der Waals surface area contributed by atoms with Gasteiger partial charge in [-0.2, -0.15) is 0 Å². The Morgan fingerprint density at radius 3 is 2.32 bits per heavy atom. The molecule has 124 valence electrons. The van der Waals surface area contributed by atoms with Crippen molar-refractivity contribution in [3.8, 4) is 0 Å². The summed E-state index contributed by atoms with van der Waals surface area (Å²) in [6, 6.07) is 5.79. The number of hydrogen-bond donors (Lipinski definition) is 2. The Morgan fingerprint density at radius 2 is 1.82 bits per heavy atom. The second-order valence-electron chi connectivity index (χ2n) is 3.65. The second-order valence-corrected chi connectivity index (χ2v) is 3.65. The van der Waals surface area contributed by atoms with Crippen molar-refractivity contribution in [1.82, 2.24) is 0 Å². The van der Waals surface area contributed by atoms with E-state index in [-0.39, 0.29) is 0 Å². The Morgan fingerprint density at radius 1 is 1.23 bits per heavy atom. The summed E-state index contributed by atoms with van der Waals surface area (Å²) in [5, 5.41) is 12.7. The van der Waals surface area contributed by atoms with Gasteiger partial charge in [0.15, 0.2) is 0 Å². The van der Waals surface area contributed by atoms with E-state index in [4.69, 9.17) is 4.65 Å². The van der Waals surface area contributed by atoms with E-state index in [9.17, 15) is 5.02 Å². The van der Waals surface area contributed by atoms with Gasteiger partial charge in [0.05, 0.1) is 6.61 Å². The Balaban J connectivity index is 0. The van der Waals surface area contributed by atoms with Gasteiger partial charge in [0.1, 0.15) is 0 Å². The van der Waals surface area contributed by atoms with Gasteiger partial charge in [-0.25, -0.2) is 0 Å². The van der Waals surface area contributed by atoms with Crippen molar-refractivity contribution in [2.24, 2.45) is 0 Å². The van der Waals surface area contributed by atoms with Gasteiger partial charge in [-0.15, -0.1) is 0 Å². The van der Waals surface area contributed by atoms with Crippen LogP contribution in [-0.2, 0) is 11.3 Å². The van der Waals surface area contributed by atoms with Crippen LogP contribution in [0.1, 0.15) is 54.0 Å². The molecule has 0 radical (unpaired) electrons. The van der Waals surface area contributed by atoms with Crippen LogP contribution in [0.4, 0.5) is 5.69 Å². The lowest BCUT2D eigenvalue weighted by Gasteiger charge is -2.08. The summed E-state index contributed by atoms with van der Waals surface area (Å²) in [4.78, 5) is 0. The predicted octanol–water partition coefficient (Wildman–Crippen LogP) is 4.48. The minimum absolute atomic E-state index is 0.464. The molecule has 0 unspecified atom stereocenters. The van der Waals surface area contributed by atoms with E-state index < -0.39 is 7.12 Å². The molecule has 1 aliphatic heterocycles. The van der Waals surface area contributed by atoms with Crippen LogP contribution >= 0.6 is 0 Å². The number of anilines is 1. The molecule has 0 bridgehead atoms. The first-order valence-corrected chi connectivity index (χ1v) is 8.23. The molecule has 0 saturated carbocycles. The predicted molar refractivity (Wildman–Crippen MR) is 100 cm³/mol. The Labute approximate surface area is 137 Å². The SMILES string of the molecule is C=C/C(=C\C)Nc1ccc2c(c1)COB2O.CC.CC.CC. The lowest BCUT2D eigenvalue weighted by Crippen LogP contribution is -2.27. The number of allylic oxidation sites excluding steroid dienone is 2. The van der Waals surface area contributed by atoms with Gasteiger partial charge in [0.2, 0.25) is 0 Å². The van der Waals surface area contributed by atoms with E-state index in [0.29, 0.717) is 6.61 Å². The molecule has 0 aliphatic carbocycles. The molecular weight excluding hydrogens is 273 g/mol. The largest absolute Gasteiger partial charge is 0.491 e. The molecule has 0 aromatic heterocycles. The average Bonchev–Trinajstić information content (AvgIpc) is 2.98. The molecule has 0 amide bonds. The van der Waals surface area contributed by atoms with Gasteiger partial charge in [0.25, 0.3) is 0 Å². The molecule has 1 aromatic rings. The summed E-state index contributed by atoms with van der Waals surface area (Å²) in [5.41, 5.74) is 3.81. The number of hydrogen-bond acceptors (Lipinski definition) is 3. The summed E-state index contributed by atoms with van der Waals surface area (Å²) >= 11 is 0. The van der Waals surface area contributed by atoms with E-state index >= 15 is 0 Å². The first kappa shape index (κ1) is 22.8. The van der Waals surface area contributed by atoms with Gasteiger partial charge >= 0.3 is 7.12 Å². The van der Waals surface area contributed by atoms with E-state index in [1.54, 1.807) is 6.08 Å². The van der Waals surface area contributed by atoms with Crippen LogP contribution in [-0.4, -0.2) is 12.1 Å². The lowest BCUT2D eigenvalue weighted by molar-refractivity contribution is 0.275. The molecule has 2 rings (SSSR count). The molecule has 2 N–H and O–H groups in total. The fraction of sp³-hybridized carbons (Fsp3) is 0.444. The Kier molecular flexibility index (Phi) is 14.9. The second kappa shape index (κ2) is 14.4.